The first kappa shape index (κ1) is 221. The van der Waals surface area contributed by atoms with Crippen LogP contribution in [0.3, 0.4) is 0 Å². The Kier molecular flexibility index (Phi) is 4030. The molecule has 0 saturated heterocycles. The average molecular weight is 370 g/mol. The molecule has 0 heterocycles. The normalized spacial score (nSPS) is 0. The van der Waals surface area contributed by atoms with E-state index in [-0.39, 0.29) is 107 Å². The molecule has 0 aliphatic carbocycles. The molecule has 52 valence electrons. The van der Waals surface area contributed by atoms with Gasteiger partial charge in [0.15, 0.2) is 0 Å². The fourth-order valence-corrected chi connectivity index (χ4v) is 0. The quantitative estimate of drug-likeness (QED) is 0.502. The van der Waals surface area contributed by atoms with Crippen LogP contribution in [0.15, 0.2) is 0 Å². The maximum Gasteiger partial charge on any atom is 5.00 e. The molecule has 0 aliphatic rings. The maximum atomic E-state index is 0. The summed E-state index contributed by atoms with van der Waals surface area (Å²) in [5.41, 5.74) is 0. The van der Waals surface area contributed by atoms with Crippen LogP contribution >= 0.6 is 0 Å². The fourth-order valence-electron chi connectivity index (χ4n) is 0. The Hall–Kier alpha value is 2.35. The molecule has 0 saturated carbocycles. The van der Waals surface area contributed by atoms with Gasteiger partial charge in [0.1, 0.15) is 0 Å². The Bertz CT molecular complexity index is 12.9. The van der Waals surface area contributed by atoms with Crippen LogP contribution in [0.4, 0.5) is 0 Å². The largest absolute Gasteiger partial charge is 5.00 e. The van der Waals surface area contributed by atoms with Crippen molar-refractivity contribution in [3.8, 4) is 0 Å². The van der Waals surface area contributed by atoms with Crippen molar-refractivity contribution in [3.63, 3.8) is 0 Å². The molecule has 0 N–H and O–H groups in total. The third-order valence-electron chi connectivity index (χ3n) is 0. The average Bonchev–Trinajstić information content (AvgIpc) is 0. The van der Waals surface area contributed by atoms with Gasteiger partial charge in [-0.2, -0.15) is 0 Å². The molecule has 0 rings (SSSR count). The van der Waals surface area contributed by atoms with Crippen molar-refractivity contribution >= 4 is 0 Å². The molecule has 0 aliphatic heterocycles. The number of rotatable bonds is 0. The van der Waals surface area contributed by atoms with E-state index in [9.17, 15) is 0 Å². The molecule has 0 aromatic heterocycles. The third-order valence-corrected chi connectivity index (χ3v) is 0. The second-order valence-corrected chi connectivity index (χ2v) is 0. The smallest absolute Gasteiger partial charge is 2.00 e. The van der Waals surface area contributed by atoms with E-state index in [1.807, 2.05) is 0 Å². The minimum Gasteiger partial charge on any atom is -2.00 e. The summed E-state index contributed by atoms with van der Waals surface area (Å²) in [5, 5.41) is 0. The monoisotopic (exact) mass is 370 g/mol. The molecule has 0 unspecified atom stereocenters. The zero-order chi connectivity index (χ0) is 0. The van der Waals surface area contributed by atoms with E-state index >= 15 is 0 Å². The Balaban J connectivity index is 0. The van der Waals surface area contributed by atoms with E-state index in [2.05, 4.69) is 0 Å². The van der Waals surface area contributed by atoms with Crippen LogP contribution in [0.2, 0.25) is 0 Å². The molecule has 0 radical (unpaired) electrons. The SMILES string of the molecule is [Cr].[Cr].[Nb+5].[Nb+5].[O-2].[O-2].[O-2].[O-2].[O-2]. The van der Waals surface area contributed by atoms with Crippen LogP contribution in [0.5, 0.6) is 0 Å². The van der Waals surface area contributed by atoms with Gasteiger partial charge in [0.25, 0.3) is 0 Å². The molecule has 9 heavy (non-hydrogen) atoms. The molecular formula is Cr2Nb2O5. The van der Waals surface area contributed by atoms with E-state index in [1.54, 1.807) is 0 Å². The van der Waals surface area contributed by atoms with Gasteiger partial charge in [0.2, 0.25) is 0 Å². The van der Waals surface area contributed by atoms with E-state index in [0.717, 1.165) is 0 Å². The van der Waals surface area contributed by atoms with E-state index in [1.165, 1.54) is 0 Å². The second kappa shape index (κ2) is 164. The van der Waals surface area contributed by atoms with Crippen molar-refractivity contribution in [1.29, 1.82) is 0 Å². The standard InChI is InChI=1S/2Cr.2Nb.5O/q;;2*+5;5*-2. The van der Waals surface area contributed by atoms with Gasteiger partial charge in [0, 0.05) is 34.7 Å². The van der Waals surface area contributed by atoms with Crippen molar-refractivity contribution in [2.24, 2.45) is 0 Å². The van der Waals surface area contributed by atoms with Gasteiger partial charge in [0.05, 0.1) is 0 Å². The number of hydrogen-bond acceptors (Lipinski definition) is 0. The summed E-state index contributed by atoms with van der Waals surface area (Å²) in [7, 11) is 0. The number of hydrogen-bond donors (Lipinski definition) is 0. The molecule has 0 spiro atoms. The van der Waals surface area contributed by atoms with Crippen LogP contribution in [0.1, 0.15) is 0 Å². The summed E-state index contributed by atoms with van der Waals surface area (Å²) in [5.74, 6) is 0. The first-order valence-electron chi connectivity index (χ1n) is 0. The van der Waals surface area contributed by atoms with E-state index in [0.29, 0.717) is 0 Å². The van der Waals surface area contributed by atoms with Gasteiger partial charge in [-0.3, -0.25) is 0 Å². The minimum absolute atomic E-state index is 0. The van der Waals surface area contributed by atoms with Crippen LogP contribution < -0.4 is 0 Å². The van der Waals surface area contributed by atoms with Crippen LogP contribution in [-0.2, 0) is 107 Å². The van der Waals surface area contributed by atoms with Crippen molar-refractivity contribution < 1.29 is 107 Å². The Morgan fingerprint density at radius 3 is 0.333 bits per heavy atom. The molecule has 0 bridgehead atoms. The van der Waals surface area contributed by atoms with E-state index < -0.39 is 0 Å². The van der Waals surface area contributed by atoms with E-state index in [4.69, 9.17) is 0 Å². The van der Waals surface area contributed by atoms with Crippen LogP contribution in [0, 0.1) is 0 Å². The van der Waals surface area contributed by atoms with Gasteiger partial charge in [-0.25, -0.2) is 0 Å². The van der Waals surface area contributed by atoms with Gasteiger partial charge >= 0.3 is 44.8 Å². The first-order valence-corrected chi connectivity index (χ1v) is 0. The summed E-state index contributed by atoms with van der Waals surface area (Å²) < 4.78 is 0. The zero-order valence-corrected chi connectivity index (χ0v) is 10.7. The summed E-state index contributed by atoms with van der Waals surface area (Å²) in [6.45, 7) is 0. The summed E-state index contributed by atoms with van der Waals surface area (Å²) in [6.07, 6.45) is 0. The Labute approximate surface area is 106 Å². The molecule has 0 atom stereocenters. The topological polar surface area (TPSA) is 142 Å². The molecule has 0 fully saturated rings. The zero-order valence-electron chi connectivity index (χ0n) is 3.75. The fraction of sp³-hybridized carbons (Fsp3) is 0. The molecule has 9 heteroatoms. The van der Waals surface area contributed by atoms with Gasteiger partial charge in [-0.05, 0) is 0 Å². The predicted octanol–water partition coefficient (Wildman–Crippen LogP) is -0.604. The maximum absolute atomic E-state index is 0. The molecule has 5 nitrogen and oxygen atoms in total. The first-order chi connectivity index (χ1) is 0. The predicted molar refractivity (Wildman–Crippen MR) is 3.43 cm³/mol. The third kappa shape index (κ3) is 131. The van der Waals surface area contributed by atoms with Crippen molar-refractivity contribution in [2.45, 2.75) is 0 Å². The molecular weight excluding hydrogens is 370 g/mol. The summed E-state index contributed by atoms with van der Waals surface area (Å²) in [6, 6.07) is 0. The summed E-state index contributed by atoms with van der Waals surface area (Å²) in [4.78, 5) is 0. The van der Waals surface area contributed by atoms with Gasteiger partial charge in [-0.15, -0.1) is 0 Å². The Morgan fingerprint density at radius 1 is 0.333 bits per heavy atom. The summed E-state index contributed by atoms with van der Waals surface area (Å²) >= 11 is 0. The van der Waals surface area contributed by atoms with Crippen molar-refractivity contribution in [3.05, 3.63) is 0 Å². The van der Waals surface area contributed by atoms with Crippen molar-refractivity contribution in [2.75, 3.05) is 0 Å². The van der Waals surface area contributed by atoms with Gasteiger partial charge in [-0.1, -0.05) is 0 Å². The Morgan fingerprint density at radius 2 is 0.333 bits per heavy atom. The second-order valence-electron chi connectivity index (χ2n) is 0. The van der Waals surface area contributed by atoms with Crippen LogP contribution in [-0.4, -0.2) is 0 Å². The molecule has 0 amide bonds. The molecule has 0 aromatic rings. The van der Waals surface area contributed by atoms with Crippen LogP contribution in [0.25, 0.3) is 0 Å². The molecule has 0 aromatic carbocycles. The minimum atomic E-state index is 0. The van der Waals surface area contributed by atoms with Crippen molar-refractivity contribution in [1.82, 2.24) is 0 Å². The van der Waals surface area contributed by atoms with Gasteiger partial charge < -0.3 is 27.4 Å².